The molecule has 11 N–H and O–H groups in total. The second kappa shape index (κ2) is 19.9. The first kappa shape index (κ1) is 48.1. The van der Waals surface area contributed by atoms with Crippen molar-refractivity contribution >= 4 is 34.8 Å². The van der Waals surface area contributed by atoms with Crippen LogP contribution in [-0.2, 0) is 30.3 Å². The molecular formula is C46H52N3O17+. The fourth-order valence-corrected chi connectivity index (χ4v) is 8.36. The van der Waals surface area contributed by atoms with Crippen LogP contribution in [0.5, 0.6) is 11.5 Å². The van der Waals surface area contributed by atoms with E-state index in [1.165, 1.54) is 36.6 Å². The van der Waals surface area contributed by atoms with Gasteiger partial charge in [-0.3, -0.25) is 19.7 Å². The van der Waals surface area contributed by atoms with Crippen LogP contribution in [0.4, 0.5) is 0 Å². The van der Waals surface area contributed by atoms with Crippen LogP contribution in [0, 0.1) is 12.8 Å². The number of aryl methyl sites for hydroxylation is 2. The van der Waals surface area contributed by atoms with E-state index in [2.05, 4.69) is 10.3 Å². The number of nitrogens with zero attached hydrogens (tertiary/aromatic N) is 1. The van der Waals surface area contributed by atoms with Crippen LogP contribution in [0.3, 0.4) is 0 Å². The number of carbonyl (C=O) groups is 2. The number of rotatable bonds is 19. The molecule has 1 aromatic heterocycles. The molecule has 0 aliphatic carbocycles. The lowest BCUT2D eigenvalue weighted by Gasteiger charge is -2.46. The van der Waals surface area contributed by atoms with Crippen molar-refractivity contribution in [2.75, 3.05) is 33.4 Å². The number of ether oxygens (including phenoxy) is 3. The van der Waals surface area contributed by atoms with Gasteiger partial charge in [0.25, 0.3) is 5.79 Å². The highest BCUT2D eigenvalue weighted by atomic mass is 16.8. The van der Waals surface area contributed by atoms with Gasteiger partial charge in [-0.05, 0) is 86.8 Å². The van der Waals surface area contributed by atoms with Crippen molar-refractivity contribution in [3.8, 4) is 22.6 Å². The molecule has 9 atom stereocenters. The van der Waals surface area contributed by atoms with Gasteiger partial charge in [-0.15, -0.1) is 0 Å². The number of allylic oxidation sites excluding steroid dienone is 1. The molecule has 20 heteroatoms. The number of nitrogens with one attached hydrogen (secondary N) is 2. The van der Waals surface area contributed by atoms with E-state index in [4.69, 9.17) is 23.5 Å². The number of phenolic OH excluding ortho intramolecular Hbond substituents is 1. The Hall–Kier alpha value is -5.88. The molecule has 352 valence electrons. The molecule has 0 radical (unpaired) electrons. The Morgan fingerprint density at radius 2 is 1.74 bits per heavy atom. The molecule has 7 rings (SSSR count). The van der Waals surface area contributed by atoms with E-state index in [0.717, 1.165) is 35.7 Å². The molecule has 3 aliphatic heterocycles. The molecule has 0 amide bonds. The summed E-state index contributed by atoms with van der Waals surface area (Å²) in [6.07, 6.45) is -4.23. The van der Waals surface area contributed by atoms with E-state index in [0.29, 0.717) is 29.8 Å². The summed E-state index contributed by atoms with van der Waals surface area (Å²) in [4.78, 5) is 50.6. The van der Waals surface area contributed by atoms with Gasteiger partial charge in [0.05, 0.1) is 10.9 Å². The Kier molecular flexibility index (Phi) is 14.5. The number of aromatic hydroxyl groups is 1. The van der Waals surface area contributed by atoms with Gasteiger partial charge >= 0.3 is 11.9 Å². The summed E-state index contributed by atoms with van der Waals surface area (Å²) in [6.45, 7) is -0.202. The van der Waals surface area contributed by atoms with Crippen LogP contribution in [-0.4, -0.2) is 140 Å². The summed E-state index contributed by atoms with van der Waals surface area (Å²) in [5.41, 5.74) is 2.21. The minimum atomic E-state index is -3.33. The third-order valence-corrected chi connectivity index (χ3v) is 11.8. The molecule has 0 spiro atoms. The van der Waals surface area contributed by atoms with Gasteiger partial charge in [-0.1, -0.05) is 23.8 Å². The van der Waals surface area contributed by atoms with E-state index >= 15 is 0 Å². The molecule has 4 heterocycles. The Morgan fingerprint density at radius 1 is 0.985 bits per heavy atom. The fourth-order valence-electron chi connectivity index (χ4n) is 8.36. The Balaban J connectivity index is 1.25. The van der Waals surface area contributed by atoms with Crippen LogP contribution in [0.2, 0.25) is 0 Å². The number of aliphatic hydroxyl groups is 7. The lowest BCUT2D eigenvalue weighted by Crippen LogP contribution is -3.08. The first-order valence-electron chi connectivity index (χ1n) is 21.1. The number of fused-ring (bicyclic) bond motifs is 2. The highest BCUT2D eigenvalue weighted by molar-refractivity contribution is 5.95. The number of carboxylic acid groups (broad SMARTS) is 1. The van der Waals surface area contributed by atoms with E-state index in [-0.39, 0.29) is 46.2 Å². The van der Waals surface area contributed by atoms with Crippen molar-refractivity contribution in [3.63, 3.8) is 0 Å². The molecule has 0 saturated carbocycles. The van der Waals surface area contributed by atoms with Crippen LogP contribution in [0.15, 0.2) is 98.5 Å². The minimum absolute atomic E-state index is 0.000799. The molecule has 1 saturated heterocycles. The van der Waals surface area contributed by atoms with Gasteiger partial charge < -0.3 is 64.6 Å². The number of benzene rings is 3. The molecule has 9 unspecified atom stereocenters. The number of hydrogen-bond acceptors (Lipinski definition) is 18. The molecular weight excluding hydrogens is 867 g/mol. The first-order chi connectivity index (χ1) is 31.5. The van der Waals surface area contributed by atoms with Crippen molar-refractivity contribution < 1.29 is 84.1 Å². The SMILES string of the molecule is CNC(O)(CCO)C(C(=O)O)C(=O)OC(O)(CO)C1OC(Oc2ccc3c(=O)c(-c4ccc(O)cc4)coc3c2)C(O[NH+]2CC3=CC=NC3=C2c2cc(C)cc(CCCCO)c2)C(O)C1O. The number of quaternary nitrogens is 1. The average Bonchev–Trinajstić information content (AvgIpc) is 3.88. The van der Waals surface area contributed by atoms with Crippen LogP contribution in [0.25, 0.3) is 27.8 Å². The second-order valence-electron chi connectivity index (χ2n) is 16.3. The zero-order valence-electron chi connectivity index (χ0n) is 35.9. The minimum Gasteiger partial charge on any atom is -0.508 e. The van der Waals surface area contributed by atoms with Gasteiger partial charge in [0.1, 0.15) is 60.1 Å². The van der Waals surface area contributed by atoms with Gasteiger partial charge in [-0.2, -0.15) is 9.90 Å². The lowest BCUT2D eigenvalue weighted by molar-refractivity contribution is -1.04. The maximum atomic E-state index is 13.6. The monoisotopic (exact) mass is 918 g/mol. The zero-order valence-corrected chi connectivity index (χ0v) is 35.9. The average molecular weight is 919 g/mol. The maximum Gasteiger partial charge on any atom is 0.327 e. The van der Waals surface area contributed by atoms with Gasteiger partial charge in [0.2, 0.25) is 12.4 Å². The van der Waals surface area contributed by atoms with E-state index in [9.17, 15) is 60.3 Å². The van der Waals surface area contributed by atoms with Crippen molar-refractivity contribution in [2.45, 2.75) is 74.8 Å². The predicted octanol–water partition coefficient (Wildman–Crippen LogP) is -0.592. The lowest BCUT2D eigenvalue weighted by atomic mass is 9.91. The number of aliphatic carboxylic acids is 1. The Morgan fingerprint density at radius 3 is 2.42 bits per heavy atom. The smallest absolute Gasteiger partial charge is 0.327 e. The number of carboxylic acids is 1. The molecule has 3 aliphatic rings. The summed E-state index contributed by atoms with van der Waals surface area (Å²) in [5, 5.41) is 98.1. The van der Waals surface area contributed by atoms with E-state index < -0.39 is 85.1 Å². The molecule has 4 aromatic rings. The summed E-state index contributed by atoms with van der Waals surface area (Å²) in [5.74, 6) is -9.68. The fraction of sp³-hybridized carbons (Fsp3) is 0.391. The van der Waals surface area contributed by atoms with Crippen molar-refractivity contribution in [2.24, 2.45) is 10.9 Å². The zero-order chi connectivity index (χ0) is 47.5. The quantitative estimate of drug-likeness (QED) is 0.0242. The van der Waals surface area contributed by atoms with Gasteiger partial charge in [0.15, 0.2) is 23.1 Å². The summed E-state index contributed by atoms with van der Waals surface area (Å²) < 4.78 is 23.3. The largest absolute Gasteiger partial charge is 0.508 e. The standard InChI is InChI=1S/C46H51N3O17/c1-24-17-25(5-3-4-15-50)19-28(18-24)36-35-27(12-14-48-35)21-49(36)66-40-38(55)39(56)41(46(61,23-52)65-43(59)34(42(57)58)45(60,47-2)13-16-51)64-44(40)63-30-10-11-31-33(20-30)62-22-32(37(31)54)26-6-8-29(53)9-7-26/h6-12,14,17-20,22,34,38-41,44,47,50-53,55-56,60-61H,3-5,13,15-16,21,23H2,1-2H3,(H,57,58)/p+1. The van der Waals surface area contributed by atoms with Crippen molar-refractivity contribution in [1.82, 2.24) is 5.32 Å². The first-order valence-corrected chi connectivity index (χ1v) is 21.1. The molecule has 66 heavy (non-hydrogen) atoms. The summed E-state index contributed by atoms with van der Waals surface area (Å²) in [7, 11) is 1.10. The van der Waals surface area contributed by atoms with Crippen LogP contribution < -0.4 is 20.5 Å². The van der Waals surface area contributed by atoms with Crippen molar-refractivity contribution in [1.29, 1.82) is 0 Å². The normalized spacial score (nSPS) is 23.8. The number of hydroxylamine groups is 2. The molecule has 1 fully saturated rings. The van der Waals surface area contributed by atoms with Gasteiger partial charge in [0, 0.05) is 43.1 Å². The molecule has 20 nitrogen and oxygen atoms in total. The highest BCUT2D eigenvalue weighted by Crippen LogP contribution is 2.36. The van der Waals surface area contributed by atoms with E-state index in [1.807, 2.05) is 25.1 Å². The number of aliphatic hydroxyl groups excluding tert-OH is 5. The number of esters is 1. The maximum absolute atomic E-state index is 13.6. The molecule has 0 bridgehead atoms. The van der Waals surface area contributed by atoms with E-state index in [1.54, 1.807) is 24.4 Å². The van der Waals surface area contributed by atoms with Gasteiger partial charge in [-0.25, -0.2) is 4.99 Å². The number of carbonyl (C=O) groups excluding carboxylic acids is 1. The number of aliphatic imine (C=N–C) groups is 1. The van der Waals surface area contributed by atoms with Crippen LogP contribution in [0.1, 0.15) is 36.0 Å². The Bertz CT molecular complexity index is 2600. The number of phenols is 1. The summed E-state index contributed by atoms with van der Waals surface area (Å²) >= 11 is 0. The third-order valence-electron chi connectivity index (χ3n) is 11.8. The summed E-state index contributed by atoms with van der Waals surface area (Å²) in [6, 6.07) is 15.9. The molecule has 3 aromatic carbocycles. The highest BCUT2D eigenvalue weighted by Gasteiger charge is 2.60. The second-order valence-corrected chi connectivity index (χ2v) is 16.3. The third kappa shape index (κ3) is 9.66. The van der Waals surface area contributed by atoms with Crippen molar-refractivity contribution in [3.05, 3.63) is 111 Å². The van der Waals surface area contributed by atoms with Crippen LogP contribution >= 0.6 is 0 Å². The number of hydrogen-bond donors (Lipinski definition) is 11. The Labute approximate surface area is 376 Å². The predicted molar refractivity (Wildman–Crippen MR) is 231 cm³/mol. The topological polar surface area (TPSA) is 312 Å². The number of unbranched alkanes of at least 4 members (excludes halogenated alkanes) is 1.